The molecule has 0 fully saturated rings. The molecular formula is C12H24N4O3S. The predicted octanol–water partition coefficient (Wildman–Crippen LogP) is 0.148. The molecule has 0 aliphatic heterocycles. The number of nitrogens with zero attached hydrogens (tertiary/aromatic N) is 3. The van der Waals surface area contributed by atoms with Crippen molar-refractivity contribution >= 4 is 10.0 Å². The lowest BCUT2D eigenvalue weighted by molar-refractivity contribution is 0.185. The highest BCUT2D eigenvalue weighted by Crippen LogP contribution is 2.12. The SMILES string of the molecule is COCCN(C)S(=O)(=O)c1cnn(CCNC(C)C)c1. The van der Waals surface area contributed by atoms with E-state index in [1.165, 1.54) is 17.5 Å². The average Bonchev–Trinajstić information content (AvgIpc) is 2.84. The second kappa shape index (κ2) is 7.72. The Kier molecular flexibility index (Phi) is 6.60. The molecule has 0 radical (unpaired) electrons. The fourth-order valence-electron chi connectivity index (χ4n) is 1.59. The first-order valence-corrected chi connectivity index (χ1v) is 8.03. The fourth-order valence-corrected chi connectivity index (χ4v) is 2.70. The van der Waals surface area contributed by atoms with Crippen LogP contribution in [-0.2, 0) is 21.3 Å². The van der Waals surface area contributed by atoms with Gasteiger partial charge < -0.3 is 10.1 Å². The first-order chi connectivity index (χ1) is 9.37. The van der Waals surface area contributed by atoms with E-state index in [2.05, 4.69) is 24.3 Å². The monoisotopic (exact) mass is 304 g/mol. The molecule has 0 aliphatic rings. The van der Waals surface area contributed by atoms with Crippen molar-refractivity contribution in [2.45, 2.75) is 31.3 Å². The Hall–Kier alpha value is -0.960. The smallest absolute Gasteiger partial charge is 0.246 e. The van der Waals surface area contributed by atoms with Crippen LogP contribution < -0.4 is 5.32 Å². The molecule has 0 amide bonds. The van der Waals surface area contributed by atoms with E-state index in [9.17, 15) is 8.42 Å². The van der Waals surface area contributed by atoms with Gasteiger partial charge in [-0.2, -0.15) is 9.40 Å². The molecule has 1 aromatic rings. The van der Waals surface area contributed by atoms with Crippen LogP contribution in [0.2, 0.25) is 0 Å². The molecule has 0 atom stereocenters. The fraction of sp³-hybridized carbons (Fsp3) is 0.750. The van der Waals surface area contributed by atoms with E-state index in [1.807, 2.05) is 0 Å². The zero-order chi connectivity index (χ0) is 15.2. The largest absolute Gasteiger partial charge is 0.383 e. The molecule has 7 nitrogen and oxygen atoms in total. The minimum Gasteiger partial charge on any atom is -0.383 e. The molecule has 0 aliphatic carbocycles. The lowest BCUT2D eigenvalue weighted by Crippen LogP contribution is -2.30. The Morgan fingerprint density at radius 3 is 2.80 bits per heavy atom. The van der Waals surface area contributed by atoms with Crippen molar-refractivity contribution in [2.24, 2.45) is 0 Å². The molecule has 1 N–H and O–H groups in total. The van der Waals surface area contributed by atoms with Crippen LogP contribution in [0.5, 0.6) is 0 Å². The van der Waals surface area contributed by atoms with Crippen LogP contribution >= 0.6 is 0 Å². The first kappa shape index (κ1) is 17.1. The van der Waals surface area contributed by atoms with Gasteiger partial charge in [-0.15, -0.1) is 0 Å². The number of likely N-dealkylation sites (N-methyl/N-ethyl adjacent to an activating group) is 1. The van der Waals surface area contributed by atoms with Gasteiger partial charge in [-0.05, 0) is 0 Å². The van der Waals surface area contributed by atoms with Crippen LogP contribution in [-0.4, -0.2) is 62.4 Å². The molecular weight excluding hydrogens is 280 g/mol. The van der Waals surface area contributed by atoms with Crippen molar-refractivity contribution in [1.29, 1.82) is 0 Å². The molecule has 1 rings (SSSR count). The second-order valence-electron chi connectivity index (χ2n) is 4.87. The van der Waals surface area contributed by atoms with Gasteiger partial charge in [-0.1, -0.05) is 13.8 Å². The number of methoxy groups -OCH3 is 1. The lowest BCUT2D eigenvalue weighted by Gasteiger charge is -2.15. The molecule has 116 valence electrons. The Bertz CT molecular complexity index is 499. The van der Waals surface area contributed by atoms with Gasteiger partial charge in [-0.3, -0.25) is 4.68 Å². The van der Waals surface area contributed by atoms with Crippen LogP contribution in [0.4, 0.5) is 0 Å². The van der Waals surface area contributed by atoms with E-state index < -0.39 is 10.0 Å². The number of nitrogens with one attached hydrogen (secondary N) is 1. The lowest BCUT2D eigenvalue weighted by atomic mass is 10.4. The van der Waals surface area contributed by atoms with E-state index >= 15 is 0 Å². The summed E-state index contributed by atoms with van der Waals surface area (Å²) in [7, 11) is -0.407. The Morgan fingerprint density at radius 2 is 2.20 bits per heavy atom. The van der Waals surface area contributed by atoms with Crippen LogP contribution in [0.15, 0.2) is 17.3 Å². The number of rotatable bonds is 9. The molecule has 0 aromatic carbocycles. The van der Waals surface area contributed by atoms with E-state index in [4.69, 9.17) is 4.74 Å². The molecule has 20 heavy (non-hydrogen) atoms. The minimum atomic E-state index is -3.48. The van der Waals surface area contributed by atoms with Crippen molar-refractivity contribution in [2.75, 3.05) is 33.9 Å². The molecule has 1 heterocycles. The first-order valence-electron chi connectivity index (χ1n) is 6.59. The summed E-state index contributed by atoms with van der Waals surface area (Å²) < 4.78 is 32.3. The van der Waals surface area contributed by atoms with Crippen LogP contribution in [0, 0.1) is 0 Å². The molecule has 0 saturated heterocycles. The topological polar surface area (TPSA) is 76.5 Å². The Morgan fingerprint density at radius 1 is 1.50 bits per heavy atom. The summed E-state index contributed by atoms with van der Waals surface area (Å²) in [5.41, 5.74) is 0. The zero-order valence-electron chi connectivity index (χ0n) is 12.5. The van der Waals surface area contributed by atoms with Gasteiger partial charge in [0.05, 0.1) is 19.3 Å². The van der Waals surface area contributed by atoms with Gasteiger partial charge in [0.1, 0.15) is 4.90 Å². The third kappa shape index (κ3) is 4.86. The maximum atomic E-state index is 12.2. The van der Waals surface area contributed by atoms with Gasteiger partial charge in [0, 0.05) is 39.5 Å². The summed E-state index contributed by atoms with van der Waals surface area (Å²) in [4.78, 5) is 0.209. The number of hydrogen-bond acceptors (Lipinski definition) is 5. The molecule has 0 spiro atoms. The highest BCUT2D eigenvalue weighted by molar-refractivity contribution is 7.89. The molecule has 1 aromatic heterocycles. The van der Waals surface area contributed by atoms with Crippen LogP contribution in [0.25, 0.3) is 0 Å². The predicted molar refractivity (Wildman–Crippen MR) is 77.1 cm³/mol. The molecule has 8 heteroatoms. The van der Waals surface area contributed by atoms with Crippen LogP contribution in [0.3, 0.4) is 0 Å². The van der Waals surface area contributed by atoms with Crippen molar-refractivity contribution in [1.82, 2.24) is 19.4 Å². The standard InChI is InChI=1S/C12H24N4O3S/c1-11(2)13-5-6-16-10-12(9-14-16)20(17,18)15(3)7-8-19-4/h9-11,13H,5-8H2,1-4H3. The third-order valence-corrected chi connectivity index (χ3v) is 4.63. The van der Waals surface area contributed by atoms with Crippen molar-refractivity contribution in [3.8, 4) is 0 Å². The molecule has 0 saturated carbocycles. The normalized spacial score (nSPS) is 12.5. The van der Waals surface area contributed by atoms with Gasteiger partial charge in [0.15, 0.2) is 0 Å². The van der Waals surface area contributed by atoms with E-state index in [0.29, 0.717) is 25.7 Å². The van der Waals surface area contributed by atoms with Gasteiger partial charge in [-0.25, -0.2) is 8.42 Å². The summed E-state index contributed by atoms with van der Waals surface area (Å²) in [5, 5.41) is 7.34. The highest BCUT2D eigenvalue weighted by atomic mass is 32.2. The average molecular weight is 304 g/mol. The summed E-state index contributed by atoms with van der Waals surface area (Å²) in [5.74, 6) is 0. The number of ether oxygens (including phenoxy) is 1. The maximum Gasteiger partial charge on any atom is 0.246 e. The van der Waals surface area contributed by atoms with Crippen molar-refractivity contribution in [3.05, 3.63) is 12.4 Å². The number of hydrogen-bond donors (Lipinski definition) is 1. The summed E-state index contributed by atoms with van der Waals surface area (Å²) in [6, 6.07) is 0.397. The summed E-state index contributed by atoms with van der Waals surface area (Å²) in [6.07, 6.45) is 2.94. The van der Waals surface area contributed by atoms with E-state index in [1.54, 1.807) is 18.0 Å². The van der Waals surface area contributed by atoms with Gasteiger partial charge in [0.25, 0.3) is 0 Å². The number of sulfonamides is 1. The van der Waals surface area contributed by atoms with E-state index in [-0.39, 0.29) is 4.90 Å². The van der Waals surface area contributed by atoms with Crippen LogP contribution in [0.1, 0.15) is 13.8 Å². The third-order valence-electron chi connectivity index (χ3n) is 2.82. The van der Waals surface area contributed by atoms with E-state index in [0.717, 1.165) is 6.54 Å². The summed E-state index contributed by atoms with van der Waals surface area (Å²) in [6.45, 7) is 6.18. The summed E-state index contributed by atoms with van der Waals surface area (Å²) >= 11 is 0. The zero-order valence-corrected chi connectivity index (χ0v) is 13.4. The van der Waals surface area contributed by atoms with Crippen molar-refractivity contribution in [3.63, 3.8) is 0 Å². The minimum absolute atomic E-state index is 0.209. The van der Waals surface area contributed by atoms with Gasteiger partial charge >= 0.3 is 0 Å². The maximum absolute atomic E-state index is 12.2. The Labute approximate surface area is 121 Å². The van der Waals surface area contributed by atoms with Crippen molar-refractivity contribution < 1.29 is 13.2 Å². The molecule has 0 unspecified atom stereocenters. The molecule has 0 bridgehead atoms. The second-order valence-corrected chi connectivity index (χ2v) is 6.91. The highest BCUT2D eigenvalue weighted by Gasteiger charge is 2.22. The Balaban J connectivity index is 2.65. The number of aromatic nitrogens is 2. The quantitative estimate of drug-likeness (QED) is 0.703. The van der Waals surface area contributed by atoms with Gasteiger partial charge in [0.2, 0.25) is 10.0 Å².